The first-order valence-corrected chi connectivity index (χ1v) is 12.9. The van der Waals surface area contributed by atoms with Gasteiger partial charge >= 0.3 is 0 Å². The summed E-state index contributed by atoms with van der Waals surface area (Å²) in [7, 11) is 0. The molecule has 2 aromatic heterocycles. The van der Waals surface area contributed by atoms with E-state index in [1.165, 1.54) is 10.4 Å². The van der Waals surface area contributed by atoms with E-state index >= 15 is 0 Å². The number of rotatable bonds is 6. The molecule has 0 saturated heterocycles. The maximum atomic E-state index is 13.4. The second kappa shape index (κ2) is 9.03. The number of amides is 1. The predicted octanol–water partition coefficient (Wildman–Crippen LogP) is 5.01. The Labute approximate surface area is 203 Å². The molecular weight excluding hydrogens is 454 g/mol. The molecule has 5 rings (SSSR count). The smallest absolute Gasteiger partial charge is 0.226 e. The Bertz CT molecular complexity index is 1240. The predicted molar refractivity (Wildman–Crippen MR) is 133 cm³/mol. The van der Waals surface area contributed by atoms with E-state index in [2.05, 4.69) is 28.6 Å². The van der Waals surface area contributed by atoms with Crippen LogP contribution in [0.4, 0.5) is 0 Å². The van der Waals surface area contributed by atoms with Gasteiger partial charge in [0.25, 0.3) is 0 Å². The third kappa shape index (κ3) is 3.81. The first kappa shape index (κ1) is 22.3. The van der Waals surface area contributed by atoms with Crippen LogP contribution in [0.1, 0.15) is 59.9 Å². The Kier molecular flexibility index (Phi) is 6.10. The highest BCUT2D eigenvalue weighted by Crippen LogP contribution is 2.43. The highest BCUT2D eigenvalue weighted by atomic mass is 35.5. The lowest BCUT2D eigenvalue weighted by molar-refractivity contribution is -0.135. The Morgan fingerprint density at radius 3 is 2.67 bits per heavy atom. The van der Waals surface area contributed by atoms with E-state index in [-0.39, 0.29) is 11.8 Å². The number of benzene rings is 1. The van der Waals surface area contributed by atoms with E-state index < -0.39 is 0 Å². The van der Waals surface area contributed by atoms with Gasteiger partial charge < -0.3 is 4.90 Å². The minimum atomic E-state index is -0.00752. The number of carbonyl (C=O) groups is 1. The SMILES string of the molecule is CCCN(CCC)C(=O)C1Cc2sc3c(c2C1)C(c1ccccc1Cl)=NCc1nnc(C)n1-3. The van der Waals surface area contributed by atoms with Crippen molar-refractivity contribution in [3.8, 4) is 5.00 Å². The summed E-state index contributed by atoms with van der Waals surface area (Å²) in [6.07, 6.45) is 3.48. The van der Waals surface area contributed by atoms with Crippen molar-refractivity contribution in [2.24, 2.45) is 10.9 Å². The van der Waals surface area contributed by atoms with Crippen LogP contribution in [0.25, 0.3) is 5.00 Å². The normalized spacial score (nSPS) is 16.6. The number of aliphatic imine (C=N–C) groups is 1. The lowest BCUT2D eigenvalue weighted by Gasteiger charge is -2.25. The third-order valence-electron chi connectivity index (χ3n) is 6.44. The van der Waals surface area contributed by atoms with Gasteiger partial charge in [0.1, 0.15) is 17.4 Å². The molecule has 0 saturated carbocycles. The summed E-state index contributed by atoms with van der Waals surface area (Å²) >= 11 is 8.38. The topological polar surface area (TPSA) is 63.4 Å². The molecule has 3 aromatic rings. The van der Waals surface area contributed by atoms with Crippen molar-refractivity contribution in [2.45, 2.75) is 53.0 Å². The van der Waals surface area contributed by atoms with Crippen LogP contribution in [0, 0.1) is 12.8 Å². The fourth-order valence-electron chi connectivity index (χ4n) is 5.00. The van der Waals surface area contributed by atoms with Gasteiger partial charge in [0.05, 0.1) is 5.71 Å². The molecule has 6 nitrogen and oxygen atoms in total. The number of carbonyl (C=O) groups excluding carboxylic acids is 1. The summed E-state index contributed by atoms with van der Waals surface area (Å²) in [5.41, 5.74) is 4.15. The number of thiophene rings is 1. The quantitative estimate of drug-likeness (QED) is 0.497. The van der Waals surface area contributed by atoms with Crippen LogP contribution in [0.2, 0.25) is 5.02 Å². The van der Waals surface area contributed by atoms with Gasteiger partial charge in [-0.25, -0.2) is 0 Å². The minimum absolute atomic E-state index is 0.00752. The number of aryl methyl sites for hydroxylation is 1. The van der Waals surface area contributed by atoms with E-state index in [0.29, 0.717) is 11.6 Å². The Hall–Kier alpha value is -2.51. The zero-order valence-electron chi connectivity index (χ0n) is 19.3. The van der Waals surface area contributed by atoms with Crippen LogP contribution in [0.5, 0.6) is 0 Å². The monoisotopic (exact) mass is 481 g/mol. The van der Waals surface area contributed by atoms with Gasteiger partial charge in [-0.05, 0) is 44.2 Å². The standard InChI is InChI=1S/C25H28ClN5OS/c1-4-10-30(11-5-2)24(32)16-12-18-20(13-16)33-25-22(18)23(17-8-6-7-9-19(17)26)27-14-21-29-28-15(3)31(21)25/h6-9,16H,4-5,10-14H2,1-3H3. The molecule has 0 N–H and O–H groups in total. The Morgan fingerprint density at radius 2 is 1.94 bits per heavy atom. The van der Waals surface area contributed by atoms with Gasteiger partial charge in [-0.15, -0.1) is 21.5 Å². The van der Waals surface area contributed by atoms with Crippen LogP contribution in [0.15, 0.2) is 29.3 Å². The summed E-state index contributed by atoms with van der Waals surface area (Å²) < 4.78 is 2.13. The molecule has 1 atom stereocenters. The maximum Gasteiger partial charge on any atom is 0.226 e. The van der Waals surface area contributed by atoms with E-state index in [0.717, 1.165) is 72.3 Å². The van der Waals surface area contributed by atoms with Crippen LogP contribution >= 0.6 is 22.9 Å². The lowest BCUT2D eigenvalue weighted by atomic mass is 9.97. The van der Waals surface area contributed by atoms with Gasteiger partial charge in [-0.1, -0.05) is 43.6 Å². The molecule has 1 aromatic carbocycles. The Morgan fingerprint density at radius 1 is 1.18 bits per heavy atom. The van der Waals surface area contributed by atoms with Gasteiger partial charge in [-0.3, -0.25) is 14.4 Å². The summed E-state index contributed by atoms with van der Waals surface area (Å²) in [5, 5.41) is 10.5. The van der Waals surface area contributed by atoms with Crippen LogP contribution in [-0.2, 0) is 24.2 Å². The van der Waals surface area contributed by atoms with Gasteiger partial charge in [0, 0.05) is 40.0 Å². The number of nitrogens with zero attached hydrogens (tertiary/aromatic N) is 5. The van der Waals surface area contributed by atoms with Crippen molar-refractivity contribution >= 4 is 34.6 Å². The number of aromatic nitrogens is 3. The summed E-state index contributed by atoms with van der Waals surface area (Å²) in [6, 6.07) is 7.86. The molecule has 1 unspecified atom stereocenters. The summed E-state index contributed by atoms with van der Waals surface area (Å²) in [5.74, 6) is 1.96. The van der Waals surface area contributed by atoms with Crippen LogP contribution in [0.3, 0.4) is 0 Å². The number of fused-ring (bicyclic) bond motifs is 5. The molecule has 0 radical (unpaired) electrons. The molecular formula is C25H28ClN5OS. The Balaban J connectivity index is 1.59. The van der Waals surface area contributed by atoms with Gasteiger partial charge in [0.15, 0.2) is 5.82 Å². The minimum Gasteiger partial charge on any atom is -0.342 e. The summed E-state index contributed by atoms with van der Waals surface area (Å²) in [6.45, 7) is 8.33. The molecule has 3 heterocycles. The van der Waals surface area contributed by atoms with Crippen molar-refractivity contribution in [1.29, 1.82) is 0 Å². The van der Waals surface area contributed by atoms with E-state index in [1.807, 2.05) is 36.1 Å². The van der Waals surface area contributed by atoms with Crippen LogP contribution in [-0.4, -0.2) is 44.4 Å². The second-order valence-corrected chi connectivity index (χ2v) is 10.2. The average molecular weight is 482 g/mol. The molecule has 8 heteroatoms. The molecule has 1 aliphatic carbocycles. The van der Waals surface area contributed by atoms with E-state index in [4.69, 9.17) is 16.6 Å². The highest BCUT2D eigenvalue weighted by molar-refractivity contribution is 7.15. The molecule has 1 aliphatic heterocycles. The molecule has 0 fully saturated rings. The van der Waals surface area contributed by atoms with Gasteiger partial charge in [-0.2, -0.15) is 0 Å². The maximum absolute atomic E-state index is 13.4. The van der Waals surface area contributed by atoms with Crippen molar-refractivity contribution < 1.29 is 4.79 Å². The molecule has 0 spiro atoms. The fraction of sp³-hybridized carbons (Fsp3) is 0.440. The first-order chi connectivity index (χ1) is 16.0. The zero-order chi connectivity index (χ0) is 23.1. The third-order valence-corrected chi connectivity index (χ3v) is 8.01. The second-order valence-electron chi connectivity index (χ2n) is 8.76. The van der Waals surface area contributed by atoms with Crippen LogP contribution < -0.4 is 0 Å². The van der Waals surface area contributed by atoms with Crippen molar-refractivity contribution in [3.05, 3.63) is 62.5 Å². The fourth-order valence-corrected chi connectivity index (χ4v) is 6.70. The average Bonchev–Trinajstić information content (AvgIpc) is 3.44. The largest absolute Gasteiger partial charge is 0.342 e. The molecule has 1 amide bonds. The van der Waals surface area contributed by atoms with Crippen molar-refractivity contribution in [3.63, 3.8) is 0 Å². The number of hydrogen-bond acceptors (Lipinski definition) is 5. The van der Waals surface area contributed by atoms with Gasteiger partial charge in [0.2, 0.25) is 5.91 Å². The highest BCUT2D eigenvalue weighted by Gasteiger charge is 2.38. The first-order valence-electron chi connectivity index (χ1n) is 11.7. The molecule has 0 bridgehead atoms. The molecule has 33 heavy (non-hydrogen) atoms. The number of hydrogen-bond donors (Lipinski definition) is 0. The van der Waals surface area contributed by atoms with Crippen molar-refractivity contribution in [1.82, 2.24) is 19.7 Å². The van der Waals surface area contributed by atoms with Crippen molar-refractivity contribution in [2.75, 3.05) is 13.1 Å². The molecule has 2 aliphatic rings. The molecule has 172 valence electrons. The lowest BCUT2D eigenvalue weighted by Crippen LogP contribution is -2.37. The van der Waals surface area contributed by atoms with E-state index in [1.54, 1.807) is 11.3 Å². The van der Waals surface area contributed by atoms with E-state index in [9.17, 15) is 4.79 Å². The summed E-state index contributed by atoms with van der Waals surface area (Å²) in [4.78, 5) is 21.7. The number of halogens is 1. The zero-order valence-corrected chi connectivity index (χ0v) is 20.8.